The second kappa shape index (κ2) is 6.46. The number of benzene rings is 1. The summed E-state index contributed by atoms with van der Waals surface area (Å²) in [6.07, 6.45) is 2.30. The molecule has 128 valence electrons. The zero-order chi connectivity index (χ0) is 16.7. The molecule has 2 aliphatic rings. The van der Waals surface area contributed by atoms with E-state index in [1.54, 1.807) is 6.20 Å². The number of ether oxygens (including phenoxy) is 2. The minimum atomic E-state index is -0.647. The van der Waals surface area contributed by atoms with Gasteiger partial charge < -0.3 is 24.5 Å². The lowest BCUT2D eigenvalue weighted by molar-refractivity contribution is -0.165. The number of rotatable bonds is 4. The molecule has 6 nitrogen and oxygen atoms in total. The topological polar surface area (TPSA) is 68.5 Å². The molecule has 2 bridgehead atoms. The first-order valence-corrected chi connectivity index (χ1v) is 8.44. The van der Waals surface area contributed by atoms with Crippen molar-refractivity contribution in [3.63, 3.8) is 0 Å². The summed E-state index contributed by atoms with van der Waals surface area (Å²) < 4.78 is 13.6. The Kier molecular flexibility index (Phi) is 4.32. The number of halogens is 1. The van der Waals surface area contributed by atoms with Gasteiger partial charge in [-0.15, -0.1) is 0 Å². The molecule has 0 spiro atoms. The molecule has 0 amide bonds. The molecule has 24 heavy (non-hydrogen) atoms. The van der Waals surface area contributed by atoms with Crippen LogP contribution in [-0.4, -0.2) is 45.8 Å². The normalized spacial score (nSPS) is 32.2. The van der Waals surface area contributed by atoms with Crippen molar-refractivity contribution < 1.29 is 14.6 Å². The smallest absolute Gasteiger partial charge is 0.181 e. The van der Waals surface area contributed by atoms with E-state index in [0.717, 1.165) is 11.4 Å². The third-order valence-electron chi connectivity index (χ3n) is 4.80. The van der Waals surface area contributed by atoms with Gasteiger partial charge in [0.1, 0.15) is 18.0 Å². The fourth-order valence-corrected chi connectivity index (χ4v) is 3.72. The molecular formula is C17H20ClN3O3. The Bertz CT molecular complexity index is 723. The van der Waals surface area contributed by atoms with Crippen LogP contribution in [-0.2, 0) is 16.0 Å². The van der Waals surface area contributed by atoms with Gasteiger partial charge in [0.05, 0.1) is 18.8 Å². The Morgan fingerprint density at radius 1 is 1.42 bits per heavy atom. The Hall–Kier alpha value is -1.44. The highest BCUT2D eigenvalue weighted by Crippen LogP contribution is 2.36. The molecule has 0 aliphatic carbocycles. The number of fused-ring (bicyclic) bond motifs is 2. The van der Waals surface area contributed by atoms with E-state index in [0.29, 0.717) is 18.2 Å². The van der Waals surface area contributed by atoms with Gasteiger partial charge in [-0.25, -0.2) is 4.98 Å². The quantitative estimate of drug-likeness (QED) is 0.878. The highest BCUT2D eigenvalue weighted by molar-refractivity contribution is 6.31. The number of aliphatic hydroxyl groups excluding tert-OH is 1. The van der Waals surface area contributed by atoms with Crippen molar-refractivity contribution in [2.24, 2.45) is 0 Å². The standard InChI is InChI=1S/C17H20ClN3O3/c1-10-19-6-7-21(10)15-16(22)14(13-9-23-17(15)24-13)20-8-11-4-2-3-5-12(11)18/h2-7,13-17,20,22H,8-9H2,1H3/t13-,14-,15-,16+,17-/m1/s1. The molecular weight excluding hydrogens is 330 g/mol. The van der Waals surface area contributed by atoms with Crippen LogP contribution in [0.25, 0.3) is 0 Å². The van der Waals surface area contributed by atoms with Crippen LogP contribution < -0.4 is 5.32 Å². The van der Waals surface area contributed by atoms with Crippen LogP contribution in [0.2, 0.25) is 5.02 Å². The Labute approximate surface area is 145 Å². The van der Waals surface area contributed by atoms with Gasteiger partial charge in [-0.1, -0.05) is 29.8 Å². The molecule has 2 saturated heterocycles. The van der Waals surface area contributed by atoms with E-state index in [2.05, 4.69) is 10.3 Å². The first kappa shape index (κ1) is 16.1. The fraction of sp³-hybridized carbons (Fsp3) is 0.471. The van der Waals surface area contributed by atoms with Gasteiger partial charge in [-0.2, -0.15) is 0 Å². The van der Waals surface area contributed by atoms with Crippen LogP contribution in [0, 0.1) is 6.92 Å². The second-order valence-electron chi connectivity index (χ2n) is 6.24. The highest BCUT2D eigenvalue weighted by Gasteiger charge is 2.50. The monoisotopic (exact) mass is 349 g/mol. The first-order valence-electron chi connectivity index (χ1n) is 8.06. The third kappa shape index (κ3) is 2.74. The Balaban J connectivity index is 1.54. The van der Waals surface area contributed by atoms with Crippen molar-refractivity contribution in [1.82, 2.24) is 14.9 Å². The number of aromatic nitrogens is 2. The second-order valence-corrected chi connectivity index (χ2v) is 6.64. The number of nitrogens with zero attached hydrogens (tertiary/aromatic N) is 2. The van der Waals surface area contributed by atoms with Gasteiger partial charge in [-0.3, -0.25) is 0 Å². The summed E-state index contributed by atoms with van der Waals surface area (Å²) >= 11 is 6.22. The lowest BCUT2D eigenvalue weighted by Gasteiger charge is -2.39. The van der Waals surface area contributed by atoms with E-state index in [1.807, 2.05) is 42.0 Å². The van der Waals surface area contributed by atoms with Gasteiger partial charge in [0.15, 0.2) is 6.29 Å². The molecule has 2 aliphatic heterocycles. The molecule has 2 fully saturated rings. The zero-order valence-electron chi connectivity index (χ0n) is 13.3. The van der Waals surface area contributed by atoms with Crippen molar-refractivity contribution in [3.8, 4) is 0 Å². The molecule has 0 saturated carbocycles. The summed E-state index contributed by atoms with van der Waals surface area (Å²) in [5.41, 5.74) is 0.989. The van der Waals surface area contributed by atoms with E-state index < -0.39 is 12.4 Å². The summed E-state index contributed by atoms with van der Waals surface area (Å²) in [6, 6.07) is 7.11. The van der Waals surface area contributed by atoms with Crippen LogP contribution in [0.5, 0.6) is 0 Å². The van der Waals surface area contributed by atoms with E-state index in [-0.39, 0.29) is 18.2 Å². The lowest BCUT2D eigenvalue weighted by atomic mass is 9.95. The van der Waals surface area contributed by atoms with E-state index in [9.17, 15) is 5.11 Å². The molecule has 1 aromatic heterocycles. The maximum atomic E-state index is 10.9. The van der Waals surface area contributed by atoms with Gasteiger partial charge in [0.25, 0.3) is 0 Å². The molecule has 2 N–H and O–H groups in total. The first-order chi connectivity index (χ1) is 11.6. The predicted molar refractivity (Wildman–Crippen MR) is 88.7 cm³/mol. The number of nitrogens with one attached hydrogen (secondary N) is 1. The van der Waals surface area contributed by atoms with Gasteiger partial charge in [0, 0.05) is 24.0 Å². The van der Waals surface area contributed by atoms with Crippen molar-refractivity contribution in [2.75, 3.05) is 6.61 Å². The van der Waals surface area contributed by atoms with Crippen LogP contribution in [0.15, 0.2) is 36.7 Å². The number of hydrogen-bond donors (Lipinski definition) is 2. The molecule has 4 rings (SSSR count). The summed E-state index contributed by atoms with van der Waals surface area (Å²) in [5.74, 6) is 0.821. The molecule has 1 aromatic carbocycles. The average molecular weight is 350 g/mol. The van der Waals surface area contributed by atoms with Crippen molar-refractivity contribution in [2.45, 2.75) is 44.1 Å². The fourth-order valence-electron chi connectivity index (χ4n) is 3.52. The average Bonchev–Trinajstić information content (AvgIpc) is 3.18. The maximum Gasteiger partial charge on any atom is 0.181 e. The van der Waals surface area contributed by atoms with Crippen molar-refractivity contribution in [3.05, 3.63) is 53.1 Å². The molecule has 0 radical (unpaired) electrons. The minimum Gasteiger partial charge on any atom is -0.389 e. The third-order valence-corrected chi connectivity index (χ3v) is 5.17. The largest absolute Gasteiger partial charge is 0.389 e. The van der Waals surface area contributed by atoms with E-state index in [1.165, 1.54) is 0 Å². The predicted octanol–water partition coefficient (Wildman–Crippen LogP) is 1.66. The Morgan fingerprint density at radius 3 is 3.00 bits per heavy atom. The number of aliphatic hydroxyl groups is 1. The number of aryl methyl sites for hydroxylation is 1. The molecule has 2 aromatic rings. The zero-order valence-corrected chi connectivity index (χ0v) is 14.1. The molecule has 0 unspecified atom stereocenters. The van der Waals surface area contributed by atoms with Crippen LogP contribution >= 0.6 is 11.6 Å². The van der Waals surface area contributed by atoms with Gasteiger partial charge >= 0.3 is 0 Å². The van der Waals surface area contributed by atoms with Gasteiger partial charge in [-0.05, 0) is 18.6 Å². The number of imidazole rings is 1. The maximum absolute atomic E-state index is 10.9. The summed E-state index contributed by atoms with van der Waals surface area (Å²) in [7, 11) is 0. The lowest BCUT2D eigenvalue weighted by Crippen LogP contribution is -2.57. The highest BCUT2D eigenvalue weighted by atomic mass is 35.5. The van der Waals surface area contributed by atoms with Crippen LogP contribution in [0.3, 0.4) is 0 Å². The van der Waals surface area contributed by atoms with Crippen molar-refractivity contribution in [1.29, 1.82) is 0 Å². The van der Waals surface area contributed by atoms with E-state index in [4.69, 9.17) is 21.1 Å². The minimum absolute atomic E-state index is 0.174. The molecule has 5 atom stereocenters. The van der Waals surface area contributed by atoms with Crippen molar-refractivity contribution >= 4 is 11.6 Å². The number of hydrogen-bond acceptors (Lipinski definition) is 5. The Morgan fingerprint density at radius 2 is 2.25 bits per heavy atom. The van der Waals surface area contributed by atoms with Gasteiger partial charge in [0.2, 0.25) is 0 Å². The summed E-state index contributed by atoms with van der Waals surface area (Å²) in [6.45, 7) is 2.92. The molecule has 3 heterocycles. The summed E-state index contributed by atoms with van der Waals surface area (Å²) in [5, 5.41) is 15.1. The summed E-state index contributed by atoms with van der Waals surface area (Å²) in [4.78, 5) is 4.24. The van der Waals surface area contributed by atoms with Crippen LogP contribution in [0.1, 0.15) is 17.4 Å². The van der Waals surface area contributed by atoms with E-state index >= 15 is 0 Å². The molecule has 7 heteroatoms. The SMILES string of the molecule is Cc1nccn1[C@H]1[C@@H]2OC[C@@H](O2)[C@@H](NCc2ccccc2Cl)[C@@H]1O. The van der Waals surface area contributed by atoms with Crippen LogP contribution in [0.4, 0.5) is 0 Å².